The van der Waals surface area contributed by atoms with Crippen LogP contribution in [0, 0.1) is 5.92 Å². The highest BCUT2D eigenvalue weighted by Gasteiger charge is 2.40. The summed E-state index contributed by atoms with van der Waals surface area (Å²) in [6.07, 6.45) is 2.85. The monoisotopic (exact) mass is 553 g/mol. The Morgan fingerprint density at radius 1 is 1.08 bits per heavy atom. The second-order valence-corrected chi connectivity index (χ2v) is 19.5. The van der Waals surface area contributed by atoms with Crippen molar-refractivity contribution < 1.29 is 13.2 Å². The van der Waals surface area contributed by atoms with Crippen LogP contribution in [-0.4, -0.2) is 49.2 Å². The van der Waals surface area contributed by atoms with Gasteiger partial charge in [0.15, 0.2) is 5.82 Å². The quantitative estimate of drug-likeness (QED) is 0.444. The van der Waals surface area contributed by atoms with Gasteiger partial charge < -0.3 is 4.90 Å². The molecular formula is C28H39N5O3SSi. The summed E-state index contributed by atoms with van der Waals surface area (Å²) in [4.78, 5) is 20.5. The number of aromatic nitrogens is 3. The molecule has 1 N–H and O–H groups in total. The maximum absolute atomic E-state index is 13.4. The van der Waals surface area contributed by atoms with Crippen LogP contribution in [-0.2, 0) is 10.0 Å². The minimum absolute atomic E-state index is 0.0318. The van der Waals surface area contributed by atoms with Crippen molar-refractivity contribution in [3.63, 3.8) is 0 Å². The molecule has 38 heavy (non-hydrogen) atoms. The molecule has 1 amide bonds. The predicted octanol–water partition coefficient (Wildman–Crippen LogP) is 4.73. The van der Waals surface area contributed by atoms with Gasteiger partial charge in [0.05, 0.1) is 10.5 Å². The van der Waals surface area contributed by atoms with Crippen molar-refractivity contribution in [3.05, 3.63) is 60.3 Å². The molecule has 0 spiro atoms. The number of benzene rings is 1. The van der Waals surface area contributed by atoms with Gasteiger partial charge in [0.1, 0.15) is 13.9 Å². The van der Waals surface area contributed by atoms with Crippen LogP contribution in [0.4, 0.5) is 5.82 Å². The highest BCUT2D eigenvalue weighted by atomic mass is 32.2. The molecule has 3 aromatic rings. The third kappa shape index (κ3) is 5.29. The number of anilines is 1. The van der Waals surface area contributed by atoms with Gasteiger partial charge in [-0.15, -0.1) is 0 Å². The van der Waals surface area contributed by atoms with Crippen LogP contribution >= 0.6 is 0 Å². The second kappa shape index (κ2) is 9.64. The van der Waals surface area contributed by atoms with Crippen LogP contribution in [0.25, 0.3) is 5.82 Å². The number of amides is 1. The average Bonchev–Trinajstić information content (AvgIpc) is 3.42. The first-order chi connectivity index (χ1) is 17.5. The van der Waals surface area contributed by atoms with Gasteiger partial charge in [-0.3, -0.25) is 4.79 Å². The molecule has 0 unspecified atom stereocenters. The molecule has 2 aromatic heterocycles. The molecule has 10 heteroatoms. The lowest BCUT2D eigenvalue weighted by molar-refractivity contribution is 0.0981. The van der Waals surface area contributed by atoms with Gasteiger partial charge in [-0.2, -0.15) is 5.10 Å². The van der Waals surface area contributed by atoms with Gasteiger partial charge in [0.25, 0.3) is 15.9 Å². The van der Waals surface area contributed by atoms with E-state index >= 15 is 0 Å². The molecule has 3 heterocycles. The topological polar surface area (TPSA) is 97.2 Å². The van der Waals surface area contributed by atoms with Crippen molar-refractivity contribution in [1.29, 1.82) is 0 Å². The molecule has 1 saturated heterocycles. The van der Waals surface area contributed by atoms with Crippen LogP contribution in [0.15, 0.2) is 59.6 Å². The Morgan fingerprint density at radius 2 is 1.74 bits per heavy atom. The summed E-state index contributed by atoms with van der Waals surface area (Å²) in [7, 11) is -5.89. The Hall–Kier alpha value is -2.98. The Labute approximate surface area is 227 Å². The Morgan fingerprint density at radius 3 is 2.32 bits per heavy atom. The van der Waals surface area contributed by atoms with Crippen molar-refractivity contribution in [1.82, 2.24) is 19.5 Å². The number of pyridine rings is 1. The van der Waals surface area contributed by atoms with Crippen LogP contribution in [0.1, 0.15) is 58.3 Å². The van der Waals surface area contributed by atoms with Crippen molar-refractivity contribution in [2.24, 2.45) is 5.92 Å². The number of sulfonamides is 1. The first kappa shape index (κ1) is 28.0. The summed E-state index contributed by atoms with van der Waals surface area (Å²) < 4.78 is 29.8. The maximum atomic E-state index is 13.4. The molecule has 1 aromatic carbocycles. The van der Waals surface area contributed by atoms with Gasteiger partial charge in [-0.25, -0.2) is 22.8 Å². The summed E-state index contributed by atoms with van der Waals surface area (Å²) in [5, 5.41) is 6.13. The van der Waals surface area contributed by atoms with Crippen LogP contribution in [0.2, 0.25) is 18.1 Å². The van der Waals surface area contributed by atoms with Gasteiger partial charge in [-0.05, 0) is 61.6 Å². The molecule has 0 bridgehead atoms. The zero-order valence-electron chi connectivity index (χ0n) is 23.6. The van der Waals surface area contributed by atoms with Crippen molar-refractivity contribution in [2.45, 2.75) is 76.5 Å². The molecule has 1 atom stereocenters. The van der Waals surface area contributed by atoms with Crippen molar-refractivity contribution in [2.75, 3.05) is 11.4 Å². The first-order valence-electron chi connectivity index (χ1n) is 13.0. The van der Waals surface area contributed by atoms with E-state index in [1.54, 1.807) is 35.0 Å². The van der Waals surface area contributed by atoms with Crippen LogP contribution in [0.5, 0.6) is 0 Å². The third-order valence-corrected chi connectivity index (χ3v) is 14.7. The summed E-state index contributed by atoms with van der Waals surface area (Å²) in [5.41, 5.74) is -0.0402. The zero-order chi connectivity index (χ0) is 28.1. The molecule has 1 aliphatic heterocycles. The third-order valence-electron chi connectivity index (χ3n) is 8.05. The Bertz CT molecular complexity index is 1440. The van der Waals surface area contributed by atoms with E-state index in [0.29, 0.717) is 24.1 Å². The molecule has 1 fully saturated rings. The minimum Gasteiger partial charge on any atom is -0.350 e. The van der Waals surface area contributed by atoms with Gasteiger partial charge in [0.2, 0.25) is 0 Å². The molecule has 0 saturated carbocycles. The van der Waals surface area contributed by atoms with E-state index in [0.717, 1.165) is 11.7 Å². The molecule has 8 nitrogen and oxygen atoms in total. The number of nitrogens with zero attached hydrogens (tertiary/aromatic N) is 4. The highest BCUT2D eigenvalue weighted by molar-refractivity contribution is 7.90. The summed E-state index contributed by atoms with van der Waals surface area (Å²) in [5.74, 6) is 0.736. The first-order valence-corrected chi connectivity index (χ1v) is 17.5. The smallest absolute Gasteiger partial charge is 0.268 e. The fourth-order valence-corrected chi connectivity index (χ4v) is 7.52. The maximum Gasteiger partial charge on any atom is 0.268 e. The van der Waals surface area contributed by atoms with Gasteiger partial charge >= 0.3 is 0 Å². The number of hydrogen-bond acceptors (Lipinski definition) is 6. The normalized spacial score (nSPS) is 18.0. The van der Waals surface area contributed by atoms with Crippen molar-refractivity contribution >= 4 is 35.1 Å². The molecule has 4 rings (SSSR count). The standard InChI is InChI=1S/C28H39N5O3SSi/c1-20-18-28(5,6)32(19-20)25-22(26(34)31-37(35,36)21-12-10-9-11-13-21)14-15-23(29-25)33-17-16-24(30-33)38(7,8)27(2,3)4/h9-17,20H,18-19H2,1-8H3,(H,31,34)/t20-/m0/s1. The largest absolute Gasteiger partial charge is 0.350 e. The van der Waals surface area contributed by atoms with E-state index in [1.807, 2.05) is 6.20 Å². The van der Waals surface area contributed by atoms with Crippen LogP contribution in [0.3, 0.4) is 0 Å². The number of rotatable bonds is 6. The number of nitrogens with one attached hydrogen (secondary N) is 1. The average molecular weight is 554 g/mol. The predicted molar refractivity (Wildman–Crippen MR) is 154 cm³/mol. The van der Waals surface area contributed by atoms with E-state index in [4.69, 9.17) is 10.1 Å². The molecule has 204 valence electrons. The lowest BCUT2D eigenvalue weighted by atomic mass is 9.97. The van der Waals surface area contributed by atoms with E-state index < -0.39 is 24.0 Å². The molecule has 0 aliphatic carbocycles. The second-order valence-electron chi connectivity index (χ2n) is 12.5. The lowest BCUT2D eigenvalue weighted by Gasteiger charge is -2.35. The van der Waals surface area contributed by atoms with E-state index in [2.05, 4.69) is 70.3 Å². The van der Waals surface area contributed by atoms with Crippen molar-refractivity contribution in [3.8, 4) is 5.82 Å². The highest BCUT2D eigenvalue weighted by Crippen LogP contribution is 2.38. The fourth-order valence-electron chi connectivity index (χ4n) is 4.91. The molecule has 0 radical (unpaired) electrons. The zero-order valence-corrected chi connectivity index (χ0v) is 25.4. The summed E-state index contributed by atoms with van der Waals surface area (Å²) in [6, 6.07) is 13.3. The lowest BCUT2D eigenvalue weighted by Crippen LogP contribution is -2.50. The summed E-state index contributed by atoms with van der Waals surface area (Å²) >= 11 is 0. The number of carbonyl (C=O) groups excluding carboxylic acids is 1. The summed E-state index contributed by atoms with van der Waals surface area (Å²) in [6.45, 7) is 18.5. The Kier molecular flexibility index (Phi) is 7.11. The van der Waals surface area contributed by atoms with Gasteiger partial charge in [0, 0.05) is 23.6 Å². The van der Waals surface area contributed by atoms with Crippen LogP contribution < -0.4 is 14.9 Å². The number of carbonyl (C=O) groups is 1. The minimum atomic E-state index is -4.04. The van der Waals surface area contributed by atoms with E-state index in [9.17, 15) is 13.2 Å². The number of hydrogen-bond donors (Lipinski definition) is 1. The van der Waals surface area contributed by atoms with E-state index in [-0.39, 0.29) is 21.0 Å². The molecular weight excluding hydrogens is 514 g/mol. The fraction of sp³-hybridized carbons (Fsp3) is 0.464. The molecule has 1 aliphatic rings. The SMILES string of the molecule is C[C@@H]1CN(c2nc(-n3ccc([Si](C)(C)C(C)(C)C)n3)ccc2C(=O)NS(=O)(=O)c2ccccc2)C(C)(C)C1. The Balaban J connectivity index is 1.77. The van der Waals surface area contributed by atoms with E-state index in [1.165, 1.54) is 12.1 Å². The van der Waals surface area contributed by atoms with Gasteiger partial charge in [-0.1, -0.05) is 59.0 Å².